The summed E-state index contributed by atoms with van der Waals surface area (Å²) in [5, 5.41) is 13.4. The summed E-state index contributed by atoms with van der Waals surface area (Å²) < 4.78 is 28.1. The van der Waals surface area contributed by atoms with Gasteiger partial charge in [0.2, 0.25) is 10.0 Å². The maximum absolute atomic E-state index is 11.8. The lowest BCUT2D eigenvalue weighted by Gasteiger charge is -2.29. The zero-order chi connectivity index (χ0) is 27.0. The molecule has 1 aliphatic heterocycles. The Morgan fingerprint density at radius 3 is 2.55 bits per heavy atom. The standard InChI is InChI=1S/C27H25N5O4S2/c1-17-15-20(11-12-21(17)30-38(2,35)36)32-25(24(29-27(32)37)22-9-3-4-13-28-22)23-10-6-14-31(23)19-8-5-7-18(16-19)26(33)34/h3-16,24-25,30H,1-2H3,(H,29,37)(H,33,34)/t24-,25-/m0/s1. The van der Waals surface area contributed by atoms with Crippen molar-refractivity contribution < 1.29 is 18.3 Å². The number of nitrogens with one attached hydrogen (secondary N) is 2. The molecular formula is C27H25N5O4S2. The van der Waals surface area contributed by atoms with Crippen LogP contribution in [0.1, 0.15) is 39.4 Å². The van der Waals surface area contributed by atoms with Gasteiger partial charge in [0.25, 0.3) is 0 Å². The number of carboxylic acid groups (broad SMARTS) is 1. The van der Waals surface area contributed by atoms with Crippen molar-refractivity contribution in [2.24, 2.45) is 0 Å². The second kappa shape index (κ2) is 9.92. The number of hydrogen-bond donors (Lipinski definition) is 3. The van der Waals surface area contributed by atoms with Gasteiger partial charge < -0.3 is 19.9 Å². The summed E-state index contributed by atoms with van der Waals surface area (Å²) in [6.07, 6.45) is 4.72. The largest absolute Gasteiger partial charge is 0.478 e. The molecule has 0 amide bonds. The van der Waals surface area contributed by atoms with Gasteiger partial charge in [-0.3, -0.25) is 9.71 Å². The van der Waals surface area contributed by atoms with Crippen LogP contribution in [-0.2, 0) is 10.0 Å². The summed E-state index contributed by atoms with van der Waals surface area (Å²) in [7, 11) is -3.43. The number of sulfonamides is 1. The van der Waals surface area contributed by atoms with Crippen molar-refractivity contribution in [3.63, 3.8) is 0 Å². The Hall–Kier alpha value is -4.22. The minimum absolute atomic E-state index is 0.185. The summed E-state index contributed by atoms with van der Waals surface area (Å²) >= 11 is 5.82. The fourth-order valence-corrected chi connectivity index (χ4v) is 5.68. The predicted molar refractivity (Wildman–Crippen MR) is 150 cm³/mol. The van der Waals surface area contributed by atoms with Gasteiger partial charge in [-0.25, -0.2) is 13.2 Å². The first-order valence-corrected chi connectivity index (χ1v) is 14.0. The average molecular weight is 548 g/mol. The van der Waals surface area contributed by atoms with E-state index in [2.05, 4.69) is 15.0 Å². The molecule has 0 aliphatic carbocycles. The van der Waals surface area contributed by atoms with E-state index in [1.807, 2.05) is 71.1 Å². The lowest BCUT2D eigenvalue weighted by Crippen LogP contribution is -2.30. The van der Waals surface area contributed by atoms with Crippen molar-refractivity contribution in [2.75, 3.05) is 15.9 Å². The molecule has 0 bridgehead atoms. The minimum atomic E-state index is -3.43. The third-order valence-corrected chi connectivity index (χ3v) is 7.24. The molecule has 0 radical (unpaired) electrons. The van der Waals surface area contributed by atoms with Crippen molar-refractivity contribution in [1.29, 1.82) is 0 Å². The molecule has 38 heavy (non-hydrogen) atoms. The summed E-state index contributed by atoms with van der Waals surface area (Å²) in [5.74, 6) is -1.00. The molecule has 9 nitrogen and oxygen atoms in total. The van der Waals surface area contributed by atoms with Crippen molar-refractivity contribution in [2.45, 2.75) is 19.0 Å². The molecule has 2 aromatic carbocycles. The molecule has 194 valence electrons. The predicted octanol–water partition coefficient (Wildman–Crippen LogP) is 4.43. The Morgan fingerprint density at radius 1 is 1.05 bits per heavy atom. The highest BCUT2D eigenvalue weighted by Crippen LogP contribution is 2.43. The van der Waals surface area contributed by atoms with E-state index >= 15 is 0 Å². The highest BCUT2D eigenvalue weighted by molar-refractivity contribution is 7.92. The number of aromatic nitrogens is 2. The number of benzene rings is 2. The van der Waals surface area contributed by atoms with E-state index in [9.17, 15) is 18.3 Å². The Kier molecular flexibility index (Phi) is 6.64. The number of carboxylic acids is 1. The summed E-state index contributed by atoms with van der Waals surface area (Å²) in [5.41, 5.74) is 4.54. The molecule has 2 atom stereocenters. The molecule has 2 aromatic heterocycles. The molecule has 11 heteroatoms. The van der Waals surface area contributed by atoms with E-state index in [1.165, 1.54) is 0 Å². The number of nitrogens with zero attached hydrogens (tertiary/aromatic N) is 3. The van der Waals surface area contributed by atoms with Gasteiger partial charge in [0.05, 0.1) is 29.2 Å². The Morgan fingerprint density at radius 2 is 1.87 bits per heavy atom. The lowest BCUT2D eigenvalue weighted by molar-refractivity contribution is 0.0697. The second-order valence-corrected chi connectivity index (χ2v) is 11.2. The maximum Gasteiger partial charge on any atom is 0.335 e. The first-order chi connectivity index (χ1) is 18.1. The van der Waals surface area contributed by atoms with Crippen LogP contribution in [0, 0.1) is 6.92 Å². The number of hydrogen-bond acceptors (Lipinski definition) is 5. The van der Waals surface area contributed by atoms with Crippen molar-refractivity contribution in [3.05, 3.63) is 108 Å². The molecule has 4 aromatic rings. The van der Waals surface area contributed by atoms with Crippen LogP contribution in [0.15, 0.2) is 85.2 Å². The van der Waals surface area contributed by atoms with Gasteiger partial charge in [-0.2, -0.15) is 0 Å². The molecule has 3 heterocycles. The van der Waals surface area contributed by atoms with E-state index in [1.54, 1.807) is 30.5 Å². The van der Waals surface area contributed by atoms with Crippen LogP contribution in [0.3, 0.4) is 0 Å². The van der Waals surface area contributed by atoms with Gasteiger partial charge in [-0.15, -0.1) is 0 Å². The molecule has 0 unspecified atom stereocenters. The Bertz CT molecular complexity index is 1640. The fraction of sp³-hybridized carbons (Fsp3) is 0.148. The first kappa shape index (κ1) is 25.4. The van der Waals surface area contributed by atoms with Crippen molar-refractivity contribution in [3.8, 4) is 5.69 Å². The first-order valence-electron chi connectivity index (χ1n) is 11.7. The summed E-state index contributed by atoms with van der Waals surface area (Å²) in [6.45, 7) is 1.83. The molecule has 1 saturated heterocycles. The number of thiocarbonyl (C=S) groups is 1. The summed E-state index contributed by atoms with van der Waals surface area (Å²) in [6, 6.07) is 21.1. The number of anilines is 2. The van der Waals surface area contributed by atoms with Crippen LogP contribution in [-0.4, -0.2) is 40.4 Å². The number of aromatic carboxylic acids is 1. The monoisotopic (exact) mass is 547 g/mol. The molecule has 5 rings (SSSR count). The van der Waals surface area contributed by atoms with Crippen molar-refractivity contribution in [1.82, 2.24) is 14.9 Å². The van der Waals surface area contributed by atoms with E-state index in [4.69, 9.17) is 12.2 Å². The zero-order valence-electron chi connectivity index (χ0n) is 20.6. The SMILES string of the molecule is Cc1cc(N2C(=S)N[C@@H](c3ccccn3)[C@@H]2c2cccn2-c2cccc(C(=O)O)c2)ccc1NS(C)(=O)=O. The third kappa shape index (κ3) is 4.98. The molecule has 0 saturated carbocycles. The molecule has 1 fully saturated rings. The van der Waals surface area contributed by atoms with Crippen LogP contribution in [0.5, 0.6) is 0 Å². The van der Waals surface area contributed by atoms with Gasteiger partial charge in [-0.1, -0.05) is 12.1 Å². The van der Waals surface area contributed by atoms with Gasteiger partial charge in [0.15, 0.2) is 5.11 Å². The lowest BCUT2D eigenvalue weighted by atomic mass is 10.00. The topological polar surface area (TPSA) is 117 Å². The van der Waals surface area contributed by atoms with Crippen LogP contribution in [0.4, 0.5) is 11.4 Å². The normalized spacial score (nSPS) is 17.3. The van der Waals surface area contributed by atoms with E-state index in [0.29, 0.717) is 16.5 Å². The fourth-order valence-electron chi connectivity index (χ4n) is 4.70. The maximum atomic E-state index is 11.8. The van der Waals surface area contributed by atoms with Gasteiger partial charge in [-0.05, 0) is 85.4 Å². The van der Waals surface area contributed by atoms with Crippen LogP contribution < -0.4 is 14.9 Å². The van der Waals surface area contributed by atoms with Gasteiger partial charge in [0.1, 0.15) is 6.04 Å². The highest BCUT2D eigenvalue weighted by Gasteiger charge is 2.42. The number of pyridine rings is 1. The van der Waals surface area contributed by atoms with Crippen LogP contribution >= 0.6 is 12.2 Å². The van der Waals surface area contributed by atoms with Crippen LogP contribution in [0.25, 0.3) is 5.69 Å². The number of carbonyl (C=O) groups is 1. The van der Waals surface area contributed by atoms with E-state index in [0.717, 1.165) is 28.9 Å². The van der Waals surface area contributed by atoms with E-state index < -0.39 is 16.0 Å². The summed E-state index contributed by atoms with van der Waals surface area (Å²) in [4.78, 5) is 18.2. The average Bonchev–Trinajstić information content (AvgIpc) is 3.49. The van der Waals surface area contributed by atoms with E-state index in [-0.39, 0.29) is 17.6 Å². The van der Waals surface area contributed by atoms with Gasteiger partial charge in [0, 0.05) is 29.5 Å². The third-order valence-electron chi connectivity index (χ3n) is 6.34. The second-order valence-electron chi connectivity index (χ2n) is 9.03. The number of aryl methyl sites for hydroxylation is 1. The quantitative estimate of drug-likeness (QED) is 0.291. The minimum Gasteiger partial charge on any atom is -0.478 e. The molecule has 3 N–H and O–H groups in total. The molecular weight excluding hydrogens is 522 g/mol. The van der Waals surface area contributed by atoms with Crippen molar-refractivity contribution >= 4 is 44.7 Å². The highest BCUT2D eigenvalue weighted by atomic mass is 32.2. The smallest absolute Gasteiger partial charge is 0.335 e. The van der Waals surface area contributed by atoms with Gasteiger partial charge >= 0.3 is 5.97 Å². The Balaban J connectivity index is 1.64. The number of rotatable bonds is 7. The molecule has 1 aliphatic rings. The Labute approximate surface area is 225 Å². The van der Waals surface area contributed by atoms with Crippen LogP contribution in [0.2, 0.25) is 0 Å². The molecule has 0 spiro atoms. The zero-order valence-corrected chi connectivity index (χ0v) is 22.2.